The van der Waals surface area contributed by atoms with E-state index in [2.05, 4.69) is 69.8 Å². The molecule has 4 rings (SSSR count). The molecule has 3 heterocycles. The van der Waals surface area contributed by atoms with E-state index >= 15 is 0 Å². The van der Waals surface area contributed by atoms with Crippen LogP contribution in [0.15, 0.2) is 28.4 Å². The Morgan fingerprint density at radius 1 is 1.27 bits per heavy atom. The van der Waals surface area contributed by atoms with Crippen LogP contribution in [0.4, 0.5) is 5.69 Å². The van der Waals surface area contributed by atoms with Crippen molar-refractivity contribution in [2.75, 3.05) is 24.8 Å². The molecule has 1 aromatic rings. The van der Waals surface area contributed by atoms with E-state index in [-0.39, 0.29) is 24.4 Å². The van der Waals surface area contributed by atoms with Crippen LogP contribution in [0.1, 0.15) is 18.1 Å². The Kier molecular flexibility index (Phi) is 4.79. The van der Waals surface area contributed by atoms with Crippen LogP contribution in [0.2, 0.25) is 0 Å². The van der Waals surface area contributed by atoms with Crippen molar-refractivity contribution in [2.45, 2.75) is 39.3 Å². The Hall–Kier alpha value is -1.45. The molecule has 0 radical (unpaired) electrons. The van der Waals surface area contributed by atoms with Crippen molar-refractivity contribution in [1.82, 2.24) is 21.0 Å². The van der Waals surface area contributed by atoms with Crippen molar-refractivity contribution in [1.29, 1.82) is 0 Å². The molecule has 2 fully saturated rings. The normalized spacial score (nSPS) is 29.4. The topological polar surface area (TPSA) is 68.9 Å². The summed E-state index contributed by atoms with van der Waals surface area (Å²) in [6.07, 6.45) is 1.46. The van der Waals surface area contributed by atoms with E-state index in [1.54, 1.807) is 0 Å². The fourth-order valence-electron chi connectivity index (χ4n) is 3.90. The van der Waals surface area contributed by atoms with Gasteiger partial charge in [0.2, 0.25) is 0 Å². The number of carbonyl (C=O) groups is 1. The van der Waals surface area contributed by atoms with E-state index in [0.717, 1.165) is 27.8 Å². The number of ether oxygens (including phenoxy) is 1. The lowest BCUT2D eigenvalue weighted by atomic mass is 10.1. The minimum atomic E-state index is -0.216. The van der Waals surface area contributed by atoms with Crippen LogP contribution in [0.25, 0.3) is 0 Å². The third-order valence-electron chi connectivity index (χ3n) is 5.15. The lowest BCUT2D eigenvalue weighted by Gasteiger charge is -2.43. The van der Waals surface area contributed by atoms with Crippen molar-refractivity contribution in [3.8, 4) is 0 Å². The number of aryl methyl sites for hydroxylation is 2. The number of nitrogens with one attached hydrogen (secondary N) is 3. The third-order valence-corrected chi connectivity index (χ3v) is 5.61. The first-order valence-electron chi connectivity index (χ1n) is 8.88. The second-order valence-electron chi connectivity index (χ2n) is 7.11. The summed E-state index contributed by atoms with van der Waals surface area (Å²) < 4.78 is 6.56. The number of benzene rings is 1. The fourth-order valence-corrected chi connectivity index (χ4v) is 4.58. The van der Waals surface area contributed by atoms with Gasteiger partial charge < -0.3 is 10.1 Å². The summed E-state index contributed by atoms with van der Waals surface area (Å²) in [6, 6.07) is 4.41. The molecule has 0 saturated carbocycles. The molecule has 0 bridgehead atoms. The molecule has 140 valence electrons. The number of carbonyl (C=O) groups excluding carboxylic acids is 1. The minimum Gasteiger partial charge on any atom is -0.379 e. The average Bonchev–Trinajstić information content (AvgIpc) is 2.98. The highest BCUT2D eigenvalue weighted by Gasteiger charge is 2.40. The zero-order valence-corrected chi connectivity index (χ0v) is 16.8. The molecule has 1 aromatic carbocycles. The van der Waals surface area contributed by atoms with E-state index in [1.807, 2.05) is 11.2 Å². The van der Waals surface area contributed by atoms with Gasteiger partial charge in [-0.3, -0.25) is 20.0 Å². The van der Waals surface area contributed by atoms with Crippen LogP contribution >= 0.6 is 15.9 Å². The zero-order chi connectivity index (χ0) is 18.4. The number of nitrogens with zero attached hydrogens (tertiary/aromatic N) is 2. The summed E-state index contributed by atoms with van der Waals surface area (Å²) in [5.74, 6) is -0.0418. The maximum Gasteiger partial charge on any atom is 0.254 e. The van der Waals surface area contributed by atoms with E-state index in [0.29, 0.717) is 18.8 Å². The monoisotopic (exact) mass is 421 g/mol. The van der Waals surface area contributed by atoms with Gasteiger partial charge in [-0.2, -0.15) is 0 Å². The van der Waals surface area contributed by atoms with Crippen LogP contribution in [0.5, 0.6) is 0 Å². The first kappa shape index (κ1) is 17.9. The summed E-state index contributed by atoms with van der Waals surface area (Å²) in [5.41, 5.74) is 7.46. The standard InChI is InChI=1S/C18H24BrN5O2/c1-10-6-13(19)7-11(2)15(10)24-8-14-16(22-24)20-18(21-17(14)25)23-4-5-26-9-12(23)3/h6-8,12,16,18,20,22H,4-5,9H2,1-3H3,(H,21,25)/t12-,16?,18?/m1/s1. The van der Waals surface area contributed by atoms with Gasteiger partial charge in [-0.15, -0.1) is 0 Å². The van der Waals surface area contributed by atoms with E-state index in [1.165, 1.54) is 0 Å². The second-order valence-corrected chi connectivity index (χ2v) is 8.02. The van der Waals surface area contributed by atoms with Gasteiger partial charge >= 0.3 is 0 Å². The molecule has 0 aromatic heterocycles. The Bertz CT molecular complexity index is 745. The molecular formula is C18H24BrN5O2. The Morgan fingerprint density at radius 2 is 2.00 bits per heavy atom. The molecule has 8 heteroatoms. The van der Waals surface area contributed by atoms with Crippen LogP contribution in [0, 0.1) is 13.8 Å². The van der Waals surface area contributed by atoms with Gasteiger partial charge in [0.25, 0.3) is 5.91 Å². The molecular weight excluding hydrogens is 398 g/mol. The smallest absolute Gasteiger partial charge is 0.254 e. The fraction of sp³-hybridized carbons (Fsp3) is 0.500. The van der Waals surface area contributed by atoms with Crippen LogP contribution in [-0.4, -0.2) is 49.1 Å². The SMILES string of the molecule is Cc1cc(Br)cc(C)c1N1C=C2C(=O)NC(N3CCOC[C@H]3C)NC2N1. The number of rotatable bonds is 2. The van der Waals surface area contributed by atoms with Crippen LogP contribution in [0.3, 0.4) is 0 Å². The van der Waals surface area contributed by atoms with E-state index in [9.17, 15) is 4.79 Å². The van der Waals surface area contributed by atoms with E-state index < -0.39 is 0 Å². The highest BCUT2D eigenvalue weighted by molar-refractivity contribution is 9.10. The van der Waals surface area contributed by atoms with Gasteiger partial charge in [-0.1, -0.05) is 15.9 Å². The Balaban J connectivity index is 1.56. The number of hydrogen-bond acceptors (Lipinski definition) is 6. The number of halogens is 1. The second kappa shape index (κ2) is 6.94. The number of anilines is 1. The Labute approximate surface area is 161 Å². The summed E-state index contributed by atoms with van der Waals surface area (Å²) in [4.78, 5) is 14.9. The van der Waals surface area contributed by atoms with Crippen molar-refractivity contribution < 1.29 is 9.53 Å². The van der Waals surface area contributed by atoms with Gasteiger partial charge in [0, 0.05) is 23.3 Å². The van der Waals surface area contributed by atoms with Gasteiger partial charge in [0.05, 0.1) is 24.5 Å². The van der Waals surface area contributed by atoms with Gasteiger partial charge in [0.15, 0.2) is 0 Å². The highest BCUT2D eigenvalue weighted by Crippen LogP contribution is 2.31. The molecule has 0 spiro atoms. The lowest BCUT2D eigenvalue weighted by Crippen LogP contribution is -2.69. The van der Waals surface area contributed by atoms with Crippen molar-refractivity contribution >= 4 is 27.5 Å². The molecule has 26 heavy (non-hydrogen) atoms. The van der Waals surface area contributed by atoms with Crippen molar-refractivity contribution in [3.05, 3.63) is 39.5 Å². The van der Waals surface area contributed by atoms with Crippen LogP contribution in [-0.2, 0) is 9.53 Å². The number of hydrazine groups is 1. The van der Waals surface area contributed by atoms with Crippen molar-refractivity contribution in [2.24, 2.45) is 0 Å². The molecule has 0 aliphatic carbocycles. The summed E-state index contributed by atoms with van der Waals surface area (Å²) in [7, 11) is 0. The van der Waals surface area contributed by atoms with Crippen LogP contribution < -0.4 is 21.1 Å². The van der Waals surface area contributed by atoms with Gasteiger partial charge in [0.1, 0.15) is 12.5 Å². The molecule has 3 atom stereocenters. The average molecular weight is 422 g/mol. The van der Waals surface area contributed by atoms with Gasteiger partial charge in [-0.25, -0.2) is 5.43 Å². The summed E-state index contributed by atoms with van der Waals surface area (Å²) in [6.45, 7) is 8.41. The van der Waals surface area contributed by atoms with E-state index in [4.69, 9.17) is 4.74 Å². The predicted molar refractivity (Wildman–Crippen MR) is 103 cm³/mol. The number of morpholine rings is 1. The summed E-state index contributed by atoms with van der Waals surface area (Å²) >= 11 is 3.54. The molecule has 1 amide bonds. The molecule has 2 saturated heterocycles. The minimum absolute atomic E-state index is 0.0418. The first-order valence-corrected chi connectivity index (χ1v) is 9.67. The maximum absolute atomic E-state index is 12.7. The number of fused-ring (bicyclic) bond motifs is 1. The molecule has 2 unspecified atom stereocenters. The van der Waals surface area contributed by atoms with Crippen molar-refractivity contribution in [3.63, 3.8) is 0 Å². The molecule has 7 nitrogen and oxygen atoms in total. The molecule has 3 N–H and O–H groups in total. The quantitative estimate of drug-likeness (QED) is 0.668. The summed E-state index contributed by atoms with van der Waals surface area (Å²) in [5, 5.41) is 8.53. The highest BCUT2D eigenvalue weighted by atomic mass is 79.9. The third kappa shape index (κ3) is 3.16. The maximum atomic E-state index is 12.7. The lowest BCUT2D eigenvalue weighted by molar-refractivity contribution is -0.124. The zero-order valence-electron chi connectivity index (χ0n) is 15.2. The molecule has 3 aliphatic rings. The largest absolute Gasteiger partial charge is 0.379 e. The number of hydrogen-bond donors (Lipinski definition) is 3. The first-order chi connectivity index (χ1) is 12.4. The Morgan fingerprint density at radius 3 is 2.69 bits per heavy atom. The molecule has 3 aliphatic heterocycles. The predicted octanol–water partition coefficient (Wildman–Crippen LogP) is 1.32. The van der Waals surface area contributed by atoms with Gasteiger partial charge in [-0.05, 0) is 44.0 Å². The number of amides is 1.